The fraction of sp³-hybridized carbons (Fsp3) is 0.857. The summed E-state index contributed by atoms with van der Waals surface area (Å²) in [6.07, 6.45) is 5.22. The molecule has 0 N–H and O–H groups in total. The first-order valence-electron chi connectivity index (χ1n) is 6.17. The molecular formula is C14H28S. The van der Waals surface area contributed by atoms with Gasteiger partial charge in [-0.2, -0.15) is 11.8 Å². The molecule has 1 heteroatoms. The molecule has 0 amide bonds. The van der Waals surface area contributed by atoms with Crippen LogP contribution in [0.5, 0.6) is 0 Å². The molecule has 0 spiro atoms. The SMILES string of the molecule is C=C(CCSC(C)CCCC)C(C)(C)C. The van der Waals surface area contributed by atoms with Crippen molar-refractivity contribution in [1.82, 2.24) is 0 Å². The lowest BCUT2D eigenvalue weighted by Gasteiger charge is -2.22. The standard InChI is InChI=1S/C14H28S/c1-7-8-9-13(3)15-11-10-12(2)14(4,5)6/h13H,2,7-11H2,1,3-6H3. The van der Waals surface area contributed by atoms with Gasteiger partial charge < -0.3 is 0 Å². The molecule has 15 heavy (non-hydrogen) atoms. The second-order valence-corrected chi connectivity index (χ2v) is 6.97. The third kappa shape index (κ3) is 7.96. The molecule has 0 nitrogen and oxygen atoms in total. The first kappa shape index (κ1) is 15.1. The van der Waals surface area contributed by atoms with E-state index in [0.717, 1.165) is 5.25 Å². The van der Waals surface area contributed by atoms with E-state index in [-0.39, 0.29) is 5.41 Å². The topological polar surface area (TPSA) is 0 Å². The molecule has 0 aliphatic carbocycles. The summed E-state index contributed by atoms with van der Waals surface area (Å²) in [6.45, 7) is 15.5. The number of thioether (sulfide) groups is 1. The predicted octanol–water partition coefficient (Wildman–Crippen LogP) is 5.29. The third-order valence-electron chi connectivity index (χ3n) is 2.83. The van der Waals surface area contributed by atoms with Gasteiger partial charge in [-0.3, -0.25) is 0 Å². The van der Waals surface area contributed by atoms with Crippen molar-refractivity contribution < 1.29 is 0 Å². The highest BCUT2D eigenvalue weighted by Gasteiger charge is 2.14. The lowest BCUT2D eigenvalue weighted by atomic mass is 9.86. The third-order valence-corrected chi connectivity index (χ3v) is 4.08. The molecule has 0 aromatic carbocycles. The largest absolute Gasteiger partial charge is 0.159 e. The maximum Gasteiger partial charge on any atom is 0.00188 e. The van der Waals surface area contributed by atoms with Gasteiger partial charge in [0.05, 0.1) is 0 Å². The molecule has 0 aromatic heterocycles. The van der Waals surface area contributed by atoms with Crippen molar-refractivity contribution in [3.63, 3.8) is 0 Å². The summed E-state index contributed by atoms with van der Waals surface area (Å²) in [5, 5.41) is 0.817. The lowest BCUT2D eigenvalue weighted by Crippen LogP contribution is -2.09. The van der Waals surface area contributed by atoms with Crippen molar-refractivity contribution in [1.29, 1.82) is 0 Å². The average Bonchev–Trinajstić information content (AvgIpc) is 2.13. The fourth-order valence-corrected chi connectivity index (χ4v) is 2.43. The van der Waals surface area contributed by atoms with E-state index < -0.39 is 0 Å². The maximum atomic E-state index is 4.17. The van der Waals surface area contributed by atoms with E-state index in [9.17, 15) is 0 Å². The maximum absolute atomic E-state index is 4.17. The zero-order valence-electron chi connectivity index (χ0n) is 11.2. The van der Waals surface area contributed by atoms with Crippen molar-refractivity contribution in [2.45, 2.75) is 65.6 Å². The number of allylic oxidation sites excluding steroid dienone is 1. The van der Waals surface area contributed by atoms with Gasteiger partial charge in [0.25, 0.3) is 0 Å². The second-order valence-electron chi connectivity index (χ2n) is 5.43. The Hall–Kier alpha value is 0.0900. The summed E-state index contributed by atoms with van der Waals surface area (Å²) in [7, 11) is 0. The highest BCUT2D eigenvalue weighted by Crippen LogP contribution is 2.28. The summed E-state index contributed by atoms with van der Waals surface area (Å²) in [5.74, 6) is 1.24. The molecule has 0 aromatic rings. The molecule has 0 aliphatic heterocycles. The molecule has 0 radical (unpaired) electrons. The van der Waals surface area contributed by atoms with Crippen molar-refractivity contribution in [2.75, 3.05) is 5.75 Å². The van der Waals surface area contributed by atoms with E-state index in [1.807, 2.05) is 0 Å². The van der Waals surface area contributed by atoms with Crippen LogP contribution >= 0.6 is 11.8 Å². The molecule has 1 unspecified atom stereocenters. The molecule has 0 heterocycles. The highest BCUT2D eigenvalue weighted by molar-refractivity contribution is 7.99. The molecule has 0 bridgehead atoms. The van der Waals surface area contributed by atoms with Gasteiger partial charge >= 0.3 is 0 Å². The van der Waals surface area contributed by atoms with Gasteiger partial charge in [0.2, 0.25) is 0 Å². The Kier molecular flexibility index (Phi) is 7.42. The van der Waals surface area contributed by atoms with E-state index in [1.54, 1.807) is 0 Å². The highest BCUT2D eigenvalue weighted by atomic mass is 32.2. The van der Waals surface area contributed by atoms with Crippen LogP contribution in [-0.4, -0.2) is 11.0 Å². The molecule has 1 atom stereocenters. The average molecular weight is 228 g/mol. The van der Waals surface area contributed by atoms with Gasteiger partial charge in [0, 0.05) is 5.25 Å². The molecular weight excluding hydrogens is 200 g/mol. The first-order valence-corrected chi connectivity index (χ1v) is 7.22. The van der Waals surface area contributed by atoms with Crippen molar-refractivity contribution in [3.8, 4) is 0 Å². The molecule has 0 saturated carbocycles. The zero-order valence-corrected chi connectivity index (χ0v) is 12.0. The Labute approximate surface area is 101 Å². The van der Waals surface area contributed by atoms with Gasteiger partial charge in [-0.1, -0.05) is 59.6 Å². The van der Waals surface area contributed by atoms with Gasteiger partial charge in [-0.25, -0.2) is 0 Å². The number of hydrogen-bond donors (Lipinski definition) is 0. The van der Waals surface area contributed by atoms with Crippen LogP contribution in [0.15, 0.2) is 12.2 Å². The Bertz CT molecular complexity index is 176. The van der Waals surface area contributed by atoms with Crippen molar-refractivity contribution in [3.05, 3.63) is 12.2 Å². The van der Waals surface area contributed by atoms with Crippen molar-refractivity contribution >= 4 is 11.8 Å². The van der Waals surface area contributed by atoms with Crippen molar-refractivity contribution in [2.24, 2.45) is 5.41 Å². The summed E-state index contributed by atoms with van der Waals surface area (Å²) in [6, 6.07) is 0. The molecule has 90 valence electrons. The van der Waals surface area contributed by atoms with Gasteiger partial charge in [-0.15, -0.1) is 0 Å². The minimum absolute atomic E-state index is 0.285. The summed E-state index contributed by atoms with van der Waals surface area (Å²) in [5.41, 5.74) is 1.67. The lowest BCUT2D eigenvalue weighted by molar-refractivity contribution is 0.491. The van der Waals surface area contributed by atoms with Crippen LogP contribution in [0, 0.1) is 5.41 Å². The molecule has 0 aliphatic rings. The van der Waals surface area contributed by atoms with E-state index in [1.165, 1.54) is 37.0 Å². The van der Waals surface area contributed by atoms with Crippen LogP contribution in [-0.2, 0) is 0 Å². The summed E-state index contributed by atoms with van der Waals surface area (Å²) in [4.78, 5) is 0. The van der Waals surface area contributed by atoms with Crippen LogP contribution in [0.2, 0.25) is 0 Å². The van der Waals surface area contributed by atoms with E-state index >= 15 is 0 Å². The van der Waals surface area contributed by atoms with Gasteiger partial charge in [0.1, 0.15) is 0 Å². The normalized spacial score (nSPS) is 13.9. The summed E-state index contributed by atoms with van der Waals surface area (Å²) < 4.78 is 0. The van der Waals surface area contributed by atoms with Crippen LogP contribution < -0.4 is 0 Å². The quantitative estimate of drug-likeness (QED) is 0.533. The molecule has 0 rings (SSSR count). The Morgan fingerprint density at radius 2 is 1.93 bits per heavy atom. The first-order chi connectivity index (χ1) is 6.88. The van der Waals surface area contributed by atoms with Crippen LogP contribution in [0.4, 0.5) is 0 Å². The van der Waals surface area contributed by atoms with Gasteiger partial charge in [0.15, 0.2) is 0 Å². The Balaban J connectivity index is 3.57. The van der Waals surface area contributed by atoms with Crippen LogP contribution in [0.25, 0.3) is 0 Å². The van der Waals surface area contributed by atoms with Crippen LogP contribution in [0.3, 0.4) is 0 Å². The second kappa shape index (κ2) is 7.38. The van der Waals surface area contributed by atoms with E-state index in [2.05, 4.69) is 53.0 Å². The Morgan fingerprint density at radius 1 is 1.33 bits per heavy atom. The smallest absolute Gasteiger partial charge is 0.00188 e. The Morgan fingerprint density at radius 3 is 2.40 bits per heavy atom. The zero-order chi connectivity index (χ0) is 11.9. The minimum Gasteiger partial charge on any atom is -0.159 e. The monoisotopic (exact) mass is 228 g/mol. The van der Waals surface area contributed by atoms with E-state index in [4.69, 9.17) is 0 Å². The fourth-order valence-electron chi connectivity index (χ4n) is 1.33. The number of hydrogen-bond acceptors (Lipinski definition) is 1. The molecule has 0 saturated heterocycles. The predicted molar refractivity (Wildman–Crippen MR) is 74.7 cm³/mol. The number of unbranched alkanes of at least 4 members (excludes halogenated alkanes) is 1. The number of rotatable bonds is 7. The van der Waals surface area contributed by atoms with Crippen LogP contribution in [0.1, 0.15) is 60.3 Å². The van der Waals surface area contributed by atoms with Gasteiger partial charge in [-0.05, 0) is 24.0 Å². The van der Waals surface area contributed by atoms with E-state index in [0.29, 0.717) is 0 Å². The molecule has 0 fully saturated rings. The summed E-state index contributed by atoms with van der Waals surface area (Å²) >= 11 is 2.10. The minimum atomic E-state index is 0.285.